The molecule has 5 nitrogen and oxygen atoms in total. The third kappa shape index (κ3) is 3.35. The lowest BCUT2D eigenvalue weighted by Crippen LogP contribution is -2.28. The number of nitrogens with one attached hydrogen (secondary N) is 1. The summed E-state index contributed by atoms with van der Waals surface area (Å²) >= 11 is 0. The Balaban J connectivity index is 2.12. The number of carbonyl (C=O) groups excluding carboxylic acids is 2. The first kappa shape index (κ1) is 14.5. The van der Waals surface area contributed by atoms with E-state index in [9.17, 15) is 9.59 Å². The Morgan fingerprint density at radius 1 is 1.45 bits per heavy atom. The predicted molar refractivity (Wildman–Crippen MR) is 77.5 cm³/mol. The molecule has 2 rings (SSSR count). The van der Waals surface area contributed by atoms with Crippen LogP contribution < -0.4 is 10.2 Å². The summed E-state index contributed by atoms with van der Waals surface area (Å²) in [6, 6.07) is 3.92. The van der Waals surface area contributed by atoms with Crippen molar-refractivity contribution >= 4 is 18.1 Å². The number of aromatic nitrogens is 1. The molecule has 0 saturated carbocycles. The van der Waals surface area contributed by atoms with Crippen molar-refractivity contribution in [3.8, 4) is 0 Å². The van der Waals surface area contributed by atoms with E-state index in [0.717, 1.165) is 30.9 Å². The smallest absolute Gasteiger partial charge is 0.233 e. The summed E-state index contributed by atoms with van der Waals surface area (Å²) in [5.41, 5.74) is 0.870. The molecule has 1 fully saturated rings. The second-order valence-corrected chi connectivity index (χ2v) is 5.11. The maximum absolute atomic E-state index is 11.9. The van der Waals surface area contributed by atoms with Crippen LogP contribution in [0.15, 0.2) is 18.3 Å². The van der Waals surface area contributed by atoms with E-state index in [1.165, 1.54) is 12.8 Å². The SMILES string of the molecule is CCCC(C(=O)NC=O)c1ccc(N2CCCC2)nc1. The molecule has 5 heteroatoms. The summed E-state index contributed by atoms with van der Waals surface area (Å²) < 4.78 is 0. The van der Waals surface area contributed by atoms with Gasteiger partial charge in [-0.05, 0) is 30.9 Å². The molecule has 0 aromatic carbocycles. The molecule has 1 aromatic heterocycles. The summed E-state index contributed by atoms with van der Waals surface area (Å²) in [6.07, 6.45) is 6.22. The second-order valence-electron chi connectivity index (χ2n) is 5.11. The summed E-state index contributed by atoms with van der Waals surface area (Å²) in [4.78, 5) is 29.0. The standard InChI is InChI=1S/C15H21N3O2/c1-2-5-13(15(20)17-11-19)12-6-7-14(16-10-12)18-8-3-4-9-18/h6-7,10-11,13H,2-5,8-9H2,1H3,(H,17,19,20). The van der Waals surface area contributed by atoms with Gasteiger partial charge in [0.15, 0.2) is 0 Å². The summed E-state index contributed by atoms with van der Waals surface area (Å²) in [7, 11) is 0. The fourth-order valence-electron chi connectivity index (χ4n) is 2.63. The number of carbonyl (C=O) groups is 2. The molecule has 1 saturated heterocycles. The summed E-state index contributed by atoms with van der Waals surface area (Å²) in [6.45, 7) is 4.12. The molecule has 1 atom stereocenters. The van der Waals surface area contributed by atoms with Crippen LogP contribution in [-0.4, -0.2) is 30.4 Å². The van der Waals surface area contributed by atoms with Crippen LogP contribution >= 0.6 is 0 Å². The number of pyridine rings is 1. The minimum Gasteiger partial charge on any atom is -0.357 e. The van der Waals surface area contributed by atoms with Gasteiger partial charge in [-0.25, -0.2) is 4.98 Å². The van der Waals surface area contributed by atoms with Gasteiger partial charge < -0.3 is 4.90 Å². The molecule has 1 N–H and O–H groups in total. The average Bonchev–Trinajstić information content (AvgIpc) is 2.99. The van der Waals surface area contributed by atoms with Crippen LogP contribution in [-0.2, 0) is 9.59 Å². The predicted octanol–water partition coefficient (Wildman–Crippen LogP) is 1.84. The molecule has 0 bridgehead atoms. The Labute approximate surface area is 119 Å². The van der Waals surface area contributed by atoms with Crippen LogP contribution in [0.1, 0.15) is 44.1 Å². The third-order valence-corrected chi connectivity index (χ3v) is 3.70. The maximum Gasteiger partial charge on any atom is 0.233 e. The van der Waals surface area contributed by atoms with Gasteiger partial charge in [-0.15, -0.1) is 0 Å². The van der Waals surface area contributed by atoms with Crippen LogP contribution in [0.25, 0.3) is 0 Å². The van der Waals surface area contributed by atoms with Crippen molar-refractivity contribution in [3.05, 3.63) is 23.9 Å². The number of anilines is 1. The van der Waals surface area contributed by atoms with E-state index in [4.69, 9.17) is 0 Å². The van der Waals surface area contributed by atoms with Gasteiger partial charge in [-0.2, -0.15) is 0 Å². The zero-order valence-corrected chi connectivity index (χ0v) is 11.8. The van der Waals surface area contributed by atoms with Gasteiger partial charge in [0.1, 0.15) is 5.82 Å². The number of nitrogens with zero attached hydrogens (tertiary/aromatic N) is 2. The lowest BCUT2D eigenvalue weighted by molar-refractivity contribution is -0.126. The highest BCUT2D eigenvalue weighted by atomic mass is 16.2. The summed E-state index contributed by atoms with van der Waals surface area (Å²) in [5.74, 6) is 0.417. The molecule has 0 radical (unpaired) electrons. The Bertz CT molecular complexity index is 453. The summed E-state index contributed by atoms with van der Waals surface area (Å²) in [5, 5.41) is 2.24. The van der Waals surface area contributed by atoms with E-state index in [-0.39, 0.29) is 11.8 Å². The molecule has 2 amide bonds. The van der Waals surface area contributed by atoms with Crippen molar-refractivity contribution in [2.24, 2.45) is 0 Å². The van der Waals surface area contributed by atoms with Gasteiger partial charge in [0.05, 0.1) is 5.92 Å². The maximum atomic E-state index is 11.9. The van der Waals surface area contributed by atoms with Gasteiger partial charge >= 0.3 is 0 Å². The molecule has 2 heterocycles. The third-order valence-electron chi connectivity index (χ3n) is 3.70. The van der Waals surface area contributed by atoms with E-state index in [2.05, 4.69) is 15.2 Å². The van der Waals surface area contributed by atoms with E-state index in [0.29, 0.717) is 12.8 Å². The van der Waals surface area contributed by atoms with Crippen molar-refractivity contribution in [1.82, 2.24) is 10.3 Å². The molecule has 0 spiro atoms. The molecule has 1 aliphatic heterocycles. The average molecular weight is 275 g/mol. The second kappa shape index (κ2) is 7.03. The van der Waals surface area contributed by atoms with Gasteiger partial charge in [0, 0.05) is 19.3 Å². The van der Waals surface area contributed by atoms with E-state index in [1.807, 2.05) is 19.1 Å². The Hall–Kier alpha value is -1.91. The Morgan fingerprint density at radius 2 is 2.20 bits per heavy atom. The first-order valence-electron chi connectivity index (χ1n) is 7.21. The highest BCUT2D eigenvalue weighted by Gasteiger charge is 2.20. The van der Waals surface area contributed by atoms with Gasteiger partial charge in [-0.3, -0.25) is 14.9 Å². The number of hydrogen-bond acceptors (Lipinski definition) is 4. The molecule has 20 heavy (non-hydrogen) atoms. The van der Waals surface area contributed by atoms with Crippen LogP contribution in [0.3, 0.4) is 0 Å². The highest BCUT2D eigenvalue weighted by Crippen LogP contribution is 2.24. The lowest BCUT2D eigenvalue weighted by atomic mass is 9.95. The van der Waals surface area contributed by atoms with E-state index in [1.54, 1.807) is 6.20 Å². The molecule has 0 aliphatic carbocycles. The van der Waals surface area contributed by atoms with Crippen LogP contribution in [0.2, 0.25) is 0 Å². The van der Waals surface area contributed by atoms with Crippen LogP contribution in [0.5, 0.6) is 0 Å². The van der Waals surface area contributed by atoms with Gasteiger partial charge in [-0.1, -0.05) is 19.4 Å². The van der Waals surface area contributed by atoms with E-state index >= 15 is 0 Å². The van der Waals surface area contributed by atoms with Crippen molar-refractivity contribution in [2.75, 3.05) is 18.0 Å². The number of rotatable bonds is 6. The van der Waals surface area contributed by atoms with Gasteiger partial charge in [0.2, 0.25) is 12.3 Å². The topological polar surface area (TPSA) is 62.3 Å². The fourth-order valence-corrected chi connectivity index (χ4v) is 2.63. The molecule has 1 unspecified atom stereocenters. The molecule has 108 valence electrons. The first-order valence-corrected chi connectivity index (χ1v) is 7.21. The highest BCUT2D eigenvalue weighted by molar-refractivity contribution is 5.91. The number of imide groups is 1. The molecule has 1 aromatic rings. The zero-order valence-electron chi connectivity index (χ0n) is 11.8. The largest absolute Gasteiger partial charge is 0.357 e. The van der Waals surface area contributed by atoms with Crippen molar-refractivity contribution < 1.29 is 9.59 Å². The van der Waals surface area contributed by atoms with Gasteiger partial charge in [0.25, 0.3) is 0 Å². The monoisotopic (exact) mass is 275 g/mol. The van der Waals surface area contributed by atoms with Crippen molar-refractivity contribution in [1.29, 1.82) is 0 Å². The number of hydrogen-bond donors (Lipinski definition) is 1. The molecular formula is C15H21N3O2. The van der Waals surface area contributed by atoms with E-state index < -0.39 is 0 Å². The first-order chi connectivity index (χ1) is 9.76. The minimum atomic E-state index is -0.301. The van der Waals surface area contributed by atoms with Crippen molar-refractivity contribution in [2.45, 2.75) is 38.5 Å². The van der Waals surface area contributed by atoms with Crippen LogP contribution in [0, 0.1) is 0 Å². The lowest BCUT2D eigenvalue weighted by Gasteiger charge is -2.18. The number of amides is 2. The normalized spacial score (nSPS) is 15.9. The van der Waals surface area contributed by atoms with Crippen molar-refractivity contribution in [3.63, 3.8) is 0 Å². The molecule has 1 aliphatic rings. The van der Waals surface area contributed by atoms with Crippen LogP contribution in [0.4, 0.5) is 5.82 Å². The quantitative estimate of drug-likeness (QED) is 0.805. The Kier molecular flexibility index (Phi) is 5.09. The molecular weight excluding hydrogens is 254 g/mol. The fraction of sp³-hybridized carbons (Fsp3) is 0.533. The zero-order chi connectivity index (χ0) is 14.4. The Morgan fingerprint density at radius 3 is 2.75 bits per heavy atom. The minimum absolute atomic E-state index is 0.252.